The third-order valence-electron chi connectivity index (χ3n) is 1.31. The third kappa shape index (κ3) is 2.08. The summed E-state index contributed by atoms with van der Waals surface area (Å²) >= 11 is 0. The largest absolute Gasteiger partial charge is 0.472 e. The van der Waals surface area contributed by atoms with Gasteiger partial charge in [-0.25, -0.2) is 4.79 Å². The predicted molar refractivity (Wildman–Crippen MR) is 34.3 cm³/mol. The number of carboxylic acids is 1. The SMILES string of the molecule is O=C(O)C#C[C@H]1CCOC1. The van der Waals surface area contributed by atoms with E-state index in [2.05, 4.69) is 11.8 Å². The number of aliphatic carboxylic acids is 1. The van der Waals surface area contributed by atoms with Gasteiger partial charge in [-0.3, -0.25) is 0 Å². The minimum Gasteiger partial charge on any atom is -0.472 e. The van der Waals surface area contributed by atoms with Crippen LogP contribution < -0.4 is 0 Å². The molecule has 0 aliphatic carbocycles. The Labute approximate surface area is 59.0 Å². The van der Waals surface area contributed by atoms with E-state index in [1.165, 1.54) is 0 Å². The maximum Gasteiger partial charge on any atom is 0.381 e. The molecule has 1 fully saturated rings. The van der Waals surface area contributed by atoms with Crippen molar-refractivity contribution in [3.05, 3.63) is 0 Å². The lowest BCUT2D eigenvalue weighted by molar-refractivity contribution is -0.130. The molecule has 1 aliphatic heterocycles. The Balaban J connectivity index is 2.38. The summed E-state index contributed by atoms with van der Waals surface area (Å²) in [6.45, 7) is 1.29. The molecule has 1 saturated heterocycles. The van der Waals surface area contributed by atoms with Crippen molar-refractivity contribution in [2.45, 2.75) is 6.42 Å². The highest BCUT2D eigenvalue weighted by Crippen LogP contribution is 2.09. The van der Waals surface area contributed by atoms with Crippen molar-refractivity contribution < 1.29 is 14.6 Å². The lowest BCUT2D eigenvalue weighted by atomic mass is 10.1. The smallest absolute Gasteiger partial charge is 0.381 e. The zero-order valence-corrected chi connectivity index (χ0v) is 5.46. The molecule has 0 saturated carbocycles. The third-order valence-corrected chi connectivity index (χ3v) is 1.31. The maximum absolute atomic E-state index is 9.94. The van der Waals surface area contributed by atoms with E-state index in [1.807, 2.05) is 0 Å². The molecular formula is C7H8O3. The predicted octanol–water partition coefficient (Wildman–Crippen LogP) is 0.111. The van der Waals surface area contributed by atoms with Crippen molar-refractivity contribution in [2.24, 2.45) is 5.92 Å². The molecule has 1 N–H and O–H groups in total. The summed E-state index contributed by atoms with van der Waals surface area (Å²) in [4.78, 5) is 9.94. The number of rotatable bonds is 0. The van der Waals surface area contributed by atoms with E-state index >= 15 is 0 Å². The Morgan fingerprint density at radius 3 is 3.00 bits per heavy atom. The molecule has 0 aromatic rings. The number of ether oxygens (including phenoxy) is 1. The van der Waals surface area contributed by atoms with Crippen molar-refractivity contribution in [1.29, 1.82) is 0 Å². The van der Waals surface area contributed by atoms with Crippen LogP contribution >= 0.6 is 0 Å². The molecule has 1 rings (SSSR count). The van der Waals surface area contributed by atoms with E-state index in [0.29, 0.717) is 13.2 Å². The van der Waals surface area contributed by atoms with Crippen LogP contribution in [0, 0.1) is 17.8 Å². The van der Waals surface area contributed by atoms with Crippen LogP contribution in [0.25, 0.3) is 0 Å². The highest BCUT2D eigenvalue weighted by atomic mass is 16.5. The van der Waals surface area contributed by atoms with Crippen molar-refractivity contribution in [3.8, 4) is 11.8 Å². The van der Waals surface area contributed by atoms with Crippen molar-refractivity contribution in [2.75, 3.05) is 13.2 Å². The van der Waals surface area contributed by atoms with Gasteiger partial charge in [0.2, 0.25) is 0 Å². The summed E-state index contributed by atoms with van der Waals surface area (Å²) in [6, 6.07) is 0. The molecular weight excluding hydrogens is 132 g/mol. The molecule has 3 nitrogen and oxygen atoms in total. The molecule has 1 atom stereocenters. The van der Waals surface area contributed by atoms with E-state index in [4.69, 9.17) is 9.84 Å². The molecule has 0 aromatic carbocycles. The topological polar surface area (TPSA) is 46.5 Å². The van der Waals surface area contributed by atoms with Crippen LogP contribution in [0.1, 0.15) is 6.42 Å². The number of hydrogen-bond donors (Lipinski definition) is 1. The van der Waals surface area contributed by atoms with Gasteiger partial charge in [-0.1, -0.05) is 5.92 Å². The molecule has 0 bridgehead atoms. The van der Waals surface area contributed by atoms with Crippen LogP contribution in [-0.4, -0.2) is 24.3 Å². The van der Waals surface area contributed by atoms with Crippen LogP contribution in [0.2, 0.25) is 0 Å². The normalized spacial score (nSPS) is 23.4. The second-order valence-corrected chi connectivity index (χ2v) is 2.14. The molecule has 54 valence electrons. The van der Waals surface area contributed by atoms with Gasteiger partial charge < -0.3 is 9.84 Å². The van der Waals surface area contributed by atoms with Crippen molar-refractivity contribution in [3.63, 3.8) is 0 Å². The zero-order chi connectivity index (χ0) is 7.40. The zero-order valence-electron chi connectivity index (χ0n) is 5.46. The maximum atomic E-state index is 9.94. The van der Waals surface area contributed by atoms with E-state index in [0.717, 1.165) is 6.42 Å². The molecule has 0 amide bonds. The fourth-order valence-electron chi connectivity index (χ4n) is 0.812. The number of carbonyl (C=O) groups is 1. The summed E-state index contributed by atoms with van der Waals surface area (Å²) < 4.78 is 4.99. The fourth-order valence-corrected chi connectivity index (χ4v) is 0.812. The Morgan fingerprint density at radius 2 is 2.50 bits per heavy atom. The Morgan fingerprint density at radius 1 is 1.70 bits per heavy atom. The van der Waals surface area contributed by atoms with Gasteiger partial charge in [0.05, 0.1) is 6.61 Å². The van der Waals surface area contributed by atoms with Gasteiger partial charge >= 0.3 is 5.97 Å². The highest BCUT2D eigenvalue weighted by Gasteiger charge is 2.12. The summed E-state index contributed by atoms with van der Waals surface area (Å²) in [7, 11) is 0. The minimum atomic E-state index is -1.06. The fraction of sp³-hybridized carbons (Fsp3) is 0.571. The molecule has 0 aromatic heterocycles. The monoisotopic (exact) mass is 140 g/mol. The van der Waals surface area contributed by atoms with Gasteiger partial charge in [-0.15, -0.1) is 0 Å². The molecule has 1 heterocycles. The first-order valence-corrected chi connectivity index (χ1v) is 3.11. The average Bonchev–Trinajstić information content (AvgIpc) is 2.34. The lowest BCUT2D eigenvalue weighted by Gasteiger charge is -1.90. The molecule has 0 unspecified atom stereocenters. The molecule has 1 aliphatic rings. The van der Waals surface area contributed by atoms with Gasteiger partial charge in [0, 0.05) is 18.4 Å². The van der Waals surface area contributed by atoms with Crippen LogP contribution in [0.4, 0.5) is 0 Å². The van der Waals surface area contributed by atoms with Crippen LogP contribution in [-0.2, 0) is 9.53 Å². The average molecular weight is 140 g/mol. The number of carboxylic acid groups (broad SMARTS) is 1. The molecule has 0 spiro atoms. The second kappa shape index (κ2) is 3.23. The molecule has 10 heavy (non-hydrogen) atoms. The summed E-state index contributed by atoms with van der Waals surface area (Å²) in [5.74, 6) is 3.75. The first-order chi connectivity index (χ1) is 4.79. The minimum absolute atomic E-state index is 0.135. The van der Waals surface area contributed by atoms with Crippen LogP contribution in [0.3, 0.4) is 0 Å². The molecule has 0 radical (unpaired) electrons. The van der Waals surface area contributed by atoms with Gasteiger partial charge in [-0.2, -0.15) is 0 Å². The molecule has 3 heteroatoms. The summed E-state index contributed by atoms with van der Waals surface area (Å²) in [5.41, 5.74) is 0. The Bertz CT molecular complexity index is 181. The second-order valence-electron chi connectivity index (χ2n) is 2.14. The Hall–Kier alpha value is -1.01. The lowest BCUT2D eigenvalue weighted by Crippen LogP contribution is -1.96. The highest BCUT2D eigenvalue weighted by molar-refractivity contribution is 5.86. The van der Waals surface area contributed by atoms with Crippen LogP contribution in [0.5, 0.6) is 0 Å². The summed E-state index contributed by atoms with van der Waals surface area (Å²) in [5, 5.41) is 8.16. The first-order valence-electron chi connectivity index (χ1n) is 3.11. The first kappa shape index (κ1) is 7.10. The summed E-state index contributed by atoms with van der Waals surface area (Å²) in [6.07, 6.45) is 0.861. The van der Waals surface area contributed by atoms with E-state index in [-0.39, 0.29) is 5.92 Å². The van der Waals surface area contributed by atoms with Crippen LogP contribution in [0.15, 0.2) is 0 Å². The van der Waals surface area contributed by atoms with E-state index < -0.39 is 5.97 Å². The number of hydrogen-bond acceptors (Lipinski definition) is 2. The standard InChI is InChI=1S/C7H8O3/c8-7(9)2-1-6-3-4-10-5-6/h6H,3-5H2,(H,8,9)/t6-/m0/s1. The van der Waals surface area contributed by atoms with Gasteiger partial charge in [0.1, 0.15) is 0 Å². The quantitative estimate of drug-likeness (QED) is 0.486. The van der Waals surface area contributed by atoms with Gasteiger partial charge in [-0.05, 0) is 6.42 Å². The van der Waals surface area contributed by atoms with Gasteiger partial charge in [0.15, 0.2) is 0 Å². The van der Waals surface area contributed by atoms with Crippen molar-refractivity contribution >= 4 is 5.97 Å². The Kier molecular flexibility index (Phi) is 2.30. The van der Waals surface area contributed by atoms with E-state index in [9.17, 15) is 4.79 Å². The van der Waals surface area contributed by atoms with E-state index in [1.54, 1.807) is 0 Å². The van der Waals surface area contributed by atoms with Crippen molar-refractivity contribution in [1.82, 2.24) is 0 Å². The van der Waals surface area contributed by atoms with Gasteiger partial charge in [0.25, 0.3) is 0 Å².